The fourth-order valence-corrected chi connectivity index (χ4v) is 4.78. The zero-order chi connectivity index (χ0) is 26.4. The number of nitrogens with one attached hydrogen (secondary N) is 1. The molecule has 2 amide bonds. The molecule has 0 atom stereocenters. The van der Waals surface area contributed by atoms with Gasteiger partial charge in [0, 0.05) is 38.5 Å². The number of morpholine rings is 1. The highest BCUT2D eigenvalue weighted by atomic mass is 16.5. The summed E-state index contributed by atoms with van der Waals surface area (Å²) in [5.74, 6) is 0.451. The van der Waals surface area contributed by atoms with Gasteiger partial charge in [0.25, 0.3) is 0 Å². The first-order valence-electron chi connectivity index (χ1n) is 13.6. The zero-order valence-corrected chi connectivity index (χ0v) is 22.6. The number of rotatable bonds is 10. The molecule has 1 heterocycles. The van der Waals surface area contributed by atoms with Crippen LogP contribution < -0.4 is 16.0 Å². The maximum Gasteiger partial charge on any atom is 0.225 e. The second-order valence-electron chi connectivity index (χ2n) is 11.5. The molecule has 1 saturated carbocycles. The van der Waals surface area contributed by atoms with Crippen LogP contribution in [-0.2, 0) is 20.9 Å². The van der Waals surface area contributed by atoms with E-state index in [1.54, 1.807) is 0 Å². The third-order valence-electron chi connectivity index (χ3n) is 6.82. The number of carbonyl (C=O) groups is 2. The molecular weight excluding hydrogens is 464 g/mol. The Balaban J connectivity index is 1.59. The summed E-state index contributed by atoms with van der Waals surface area (Å²) in [4.78, 5) is 30.0. The van der Waals surface area contributed by atoms with Crippen molar-refractivity contribution < 1.29 is 14.3 Å². The molecule has 0 radical (unpaired) electrons. The van der Waals surface area contributed by atoms with E-state index in [1.165, 1.54) is 0 Å². The van der Waals surface area contributed by atoms with E-state index < -0.39 is 0 Å². The van der Waals surface area contributed by atoms with E-state index in [2.05, 4.69) is 67.4 Å². The molecule has 1 saturated heterocycles. The second-order valence-corrected chi connectivity index (χ2v) is 11.5. The fourth-order valence-electron chi connectivity index (χ4n) is 4.78. The van der Waals surface area contributed by atoms with Crippen molar-refractivity contribution in [3.63, 3.8) is 0 Å². The Morgan fingerprint density at radius 3 is 2.49 bits per heavy atom. The second kappa shape index (κ2) is 12.1. The van der Waals surface area contributed by atoms with E-state index in [-0.39, 0.29) is 23.1 Å². The minimum absolute atomic E-state index is 0.0158. The van der Waals surface area contributed by atoms with Crippen molar-refractivity contribution in [1.29, 1.82) is 0 Å². The van der Waals surface area contributed by atoms with Crippen LogP contribution in [0, 0.1) is 11.3 Å². The first-order valence-corrected chi connectivity index (χ1v) is 13.6. The van der Waals surface area contributed by atoms with Gasteiger partial charge in [-0.05, 0) is 66.1 Å². The van der Waals surface area contributed by atoms with Crippen LogP contribution in [-0.4, -0.2) is 56.1 Å². The lowest BCUT2D eigenvalue weighted by Crippen LogP contribution is -2.36. The molecule has 2 aromatic carbocycles. The summed E-state index contributed by atoms with van der Waals surface area (Å²) in [7, 11) is 0. The van der Waals surface area contributed by atoms with Crippen LogP contribution in [0.25, 0.3) is 11.1 Å². The van der Waals surface area contributed by atoms with Crippen LogP contribution in [0.5, 0.6) is 0 Å². The highest BCUT2D eigenvalue weighted by Gasteiger charge is 2.33. The van der Waals surface area contributed by atoms with Gasteiger partial charge in [0.15, 0.2) is 0 Å². The largest absolute Gasteiger partial charge is 0.378 e. The van der Waals surface area contributed by atoms with E-state index in [9.17, 15) is 9.59 Å². The third kappa shape index (κ3) is 7.79. The SMILES string of the molecule is CC(C)(C)CC(=O)Nc1cc(-c2cccc(CN(CCCN)C(=O)C3CC3)c2)ccc1N1CCOCC1. The van der Waals surface area contributed by atoms with Crippen molar-refractivity contribution in [2.75, 3.05) is 49.6 Å². The van der Waals surface area contributed by atoms with Crippen molar-refractivity contribution in [2.45, 2.75) is 53.0 Å². The quantitative estimate of drug-likeness (QED) is 0.490. The highest BCUT2D eigenvalue weighted by Crippen LogP contribution is 2.34. The lowest BCUT2D eigenvalue weighted by atomic mass is 9.92. The Morgan fingerprint density at radius 1 is 1.08 bits per heavy atom. The van der Waals surface area contributed by atoms with E-state index in [0.29, 0.717) is 39.3 Å². The monoisotopic (exact) mass is 506 g/mol. The number of amides is 2. The maximum atomic E-state index is 12.9. The molecule has 2 fully saturated rings. The van der Waals surface area contributed by atoms with E-state index >= 15 is 0 Å². The Bertz CT molecular complexity index is 1080. The third-order valence-corrected chi connectivity index (χ3v) is 6.82. The van der Waals surface area contributed by atoms with Crippen molar-refractivity contribution in [3.05, 3.63) is 48.0 Å². The minimum atomic E-state index is -0.0944. The van der Waals surface area contributed by atoms with Crippen LogP contribution in [0.15, 0.2) is 42.5 Å². The summed E-state index contributed by atoms with van der Waals surface area (Å²) in [5.41, 5.74) is 10.7. The van der Waals surface area contributed by atoms with Crippen molar-refractivity contribution >= 4 is 23.2 Å². The topological polar surface area (TPSA) is 87.9 Å². The number of ether oxygens (including phenoxy) is 1. The number of hydrogen-bond acceptors (Lipinski definition) is 5. The van der Waals surface area contributed by atoms with Crippen LogP contribution in [0.2, 0.25) is 0 Å². The average molecular weight is 507 g/mol. The normalized spacial score (nSPS) is 15.9. The molecule has 200 valence electrons. The molecule has 1 aliphatic carbocycles. The number of hydrogen-bond donors (Lipinski definition) is 2. The van der Waals surface area contributed by atoms with E-state index in [4.69, 9.17) is 10.5 Å². The summed E-state index contributed by atoms with van der Waals surface area (Å²) < 4.78 is 5.54. The molecule has 7 heteroatoms. The molecule has 0 bridgehead atoms. The number of nitrogens with zero attached hydrogens (tertiary/aromatic N) is 2. The van der Waals surface area contributed by atoms with Crippen LogP contribution in [0.3, 0.4) is 0 Å². The number of carbonyl (C=O) groups excluding carboxylic acids is 2. The molecule has 0 spiro atoms. The van der Waals surface area contributed by atoms with Gasteiger partial charge in [-0.1, -0.05) is 45.0 Å². The van der Waals surface area contributed by atoms with Crippen LogP contribution in [0.4, 0.5) is 11.4 Å². The van der Waals surface area contributed by atoms with Crippen LogP contribution >= 0.6 is 0 Å². The number of benzene rings is 2. The van der Waals surface area contributed by atoms with Crippen molar-refractivity contribution in [2.24, 2.45) is 17.1 Å². The van der Waals surface area contributed by atoms with Gasteiger partial charge >= 0.3 is 0 Å². The van der Waals surface area contributed by atoms with Gasteiger partial charge in [-0.15, -0.1) is 0 Å². The molecule has 37 heavy (non-hydrogen) atoms. The maximum absolute atomic E-state index is 12.9. The summed E-state index contributed by atoms with van der Waals surface area (Å²) in [6.07, 6.45) is 3.25. The highest BCUT2D eigenvalue weighted by molar-refractivity contribution is 5.96. The van der Waals surface area contributed by atoms with Gasteiger partial charge in [-0.3, -0.25) is 9.59 Å². The molecule has 2 aromatic rings. The van der Waals surface area contributed by atoms with Gasteiger partial charge in [0.2, 0.25) is 11.8 Å². The number of nitrogens with two attached hydrogens (primary N) is 1. The smallest absolute Gasteiger partial charge is 0.225 e. The van der Waals surface area contributed by atoms with Gasteiger partial charge in [0.05, 0.1) is 24.6 Å². The molecule has 0 aromatic heterocycles. The molecule has 3 N–H and O–H groups in total. The number of anilines is 2. The molecule has 4 rings (SSSR count). The Labute approximate surface area is 221 Å². The summed E-state index contributed by atoms with van der Waals surface area (Å²) >= 11 is 0. The Hall–Kier alpha value is -2.90. The van der Waals surface area contributed by atoms with Crippen LogP contribution in [0.1, 0.15) is 52.0 Å². The lowest BCUT2D eigenvalue weighted by molar-refractivity contribution is -0.133. The van der Waals surface area contributed by atoms with E-state index in [1.807, 2.05) is 11.0 Å². The fraction of sp³-hybridized carbons (Fsp3) is 0.533. The average Bonchev–Trinajstić information content (AvgIpc) is 3.71. The predicted octanol–water partition coefficient (Wildman–Crippen LogP) is 4.65. The molecule has 7 nitrogen and oxygen atoms in total. The zero-order valence-electron chi connectivity index (χ0n) is 22.6. The summed E-state index contributed by atoms with van der Waals surface area (Å²) in [5, 5.41) is 3.19. The first-order chi connectivity index (χ1) is 17.7. The van der Waals surface area contributed by atoms with E-state index in [0.717, 1.165) is 60.4 Å². The van der Waals surface area contributed by atoms with Gasteiger partial charge in [0.1, 0.15) is 0 Å². The molecule has 2 aliphatic rings. The molecular formula is C30H42N4O3. The Morgan fingerprint density at radius 2 is 1.81 bits per heavy atom. The summed E-state index contributed by atoms with van der Waals surface area (Å²) in [6.45, 7) is 11.0. The van der Waals surface area contributed by atoms with Crippen molar-refractivity contribution in [1.82, 2.24) is 4.90 Å². The molecule has 1 aliphatic heterocycles. The van der Waals surface area contributed by atoms with Gasteiger partial charge in [-0.2, -0.15) is 0 Å². The Kier molecular flexibility index (Phi) is 8.87. The summed E-state index contributed by atoms with van der Waals surface area (Å²) in [6, 6.07) is 14.6. The van der Waals surface area contributed by atoms with Gasteiger partial charge in [-0.25, -0.2) is 0 Å². The molecule has 0 unspecified atom stereocenters. The standard InChI is InChI=1S/C30H42N4O3/c1-30(2,3)20-28(35)32-26-19-25(10-11-27(26)33-14-16-37-17-15-33)24-7-4-6-22(18-24)21-34(13-5-12-31)29(36)23-8-9-23/h4,6-7,10-11,18-19,23H,5,8-9,12-17,20-21,31H2,1-3H3,(H,32,35). The first kappa shape index (κ1) is 27.1. The van der Waals surface area contributed by atoms with Gasteiger partial charge < -0.3 is 25.6 Å². The minimum Gasteiger partial charge on any atom is -0.378 e. The van der Waals surface area contributed by atoms with Crippen molar-refractivity contribution in [3.8, 4) is 11.1 Å². The predicted molar refractivity (Wildman–Crippen MR) is 149 cm³/mol. The lowest BCUT2D eigenvalue weighted by Gasteiger charge is -2.31.